The molecule has 2 aliphatic rings. The van der Waals surface area contributed by atoms with Gasteiger partial charge >= 0.3 is 0 Å². The van der Waals surface area contributed by atoms with Crippen LogP contribution in [0.3, 0.4) is 0 Å². The molecule has 0 bridgehead atoms. The van der Waals surface area contributed by atoms with Crippen LogP contribution in [0.2, 0.25) is 0 Å². The Bertz CT molecular complexity index is 133. The van der Waals surface area contributed by atoms with E-state index in [1.54, 1.807) is 0 Å². The van der Waals surface area contributed by atoms with Crippen LogP contribution in [0.1, 0.15) is 25.7 Å². The minimum absolute atomic E-state index is 0.483. The van der Waals surface area contributed by atoms with E-state index in [1.807, 2.05) is 0 Å². The van der Waals surface area contributed by atoms with Gasteiger partial charge < -0.3 is 14.8 Å². The number of nitrogens with one attached hydrogen (secondary N) is 1. The zero-order valence-electron chi connectivity index (χ0n) is 8.84. The molecule has 1 N–H and O–H groups in total. The van der Waals surface area contributed by atoms with Crippen molar-refractivity contribution in [1.82, 2.24) is 5.32 Å². The highest BCUT2D eigenvalue weighted by atomic mass is 16.5. The molecule has 2 fully saturated rings. The Kier molecular flexibility index (Phi) is 4.22. The molecule has 2 heterocycles. The lowest BCUT2D eigenvalue weighted by atomic mass is 10.1. The van der Waals surface area contributed by atoms with E-state index >= 15 is 0 Å². The van der Waals surface area contributed by atoms with E-state index < -0.39 is 0 Å². The van der Waals surface area contributed by atoms with E-state index in [0.717, 1.165) is 38.7 Å². The quantitative estimate of drug-likeness (QED) is 0.674. The Balaban J connectivity index is 1.46. The zero-order chi connectivity index (χ0) is 9.64. The van der Waals surface area contributed by atoms with E-state index in [-0.39, 0.29) is 0 Å². The Hall–Kier alpha value is -0.120. The number of ether oxygens (including phenoxy) is 2. The molecule has 14 heavy (non-hydrogen) atoms. The first-order valence-corrected chi connectivity index (χ1v) is 5.85. The Labute approximate surface area is 86.2 Å². The van der Waals surface area contributed by atoms with Gasteiger partial charge in [-0.25, -0.2) is 0 Å². The van der Waals surface area contributed by atoms with Crippen molar-refractivity contribution in [3.8, 4) is 0 Å². The molecule has 3 nitrogen and oxygen atoms in total. The van der Waals surface area contributed by atoms with Gasteiger partial charge in [0.1, 0.15) is 0 Å². The molecule has 0 aromatic rings. The van der Waals surface area contributed by atoms with Crippen molar-refractivity contribution in [3.05, 3.63) is 0 Å². The van der Waals surface area contributed by atoms with E-state index in [9.17, 15) is 0 Å². The van der Waals surface area contributed by atoms with Gasteiger partial charge in [-0.05, 0) is 38.1 Å². The van der Waals surface area contributed by atoms with Crippen LogP contribution in [0.25, 0.3) is 0 Å². The van der Waals surface area contributed by atoms with Crippen molar-refractivity contribution < 1.29 is 9.47 Å². The van der Waals surface area contributed by atoms with Crippen LogP contribution in [-0.4, -0.2) is 39.0 Å². The van der Waals surface area contributed by atoms with E-state index in [2.05, 4.69) is 5.32 Å². The van der Waals surface area contributed by atoms with Crippen LogP contribution in [0, 0.1) is 5.92 Å². The molecule has 0 amide bonds. The molecule has 2 rings (SSSR count). The average Bonchev–Trinajstić information content (AvgIpc) is 2.86. The summed E-state index contributed by atoms with van der Waals surface area (Å²) in [6, 6.07) is 0. The fraction of sp³-hybridized carbons (Fsp3) is 1.00. The summed E-state index contributed by atoms with van der Waals surface area (Å²) < 4.78 is 11.2. The predicted molar refractivity (Wildman–Crippen MR) is 55.4 cm³/mol. The highest BCUT2D eigenvalue weighted by Gasteiger charge is 2.16. The van der Waals surface area contributed by atoms with Crippen LogP contribution in [0.5, 0.6) is 0 Å². The van der Waals surface area contributed by atoms with Gasteiger partial charge in [-0.2, -0.15) is 0 Å². The van der Waals surface area contributed by atoms with Crippen molar-refractivity contribution in [2.24, 2.45) is 5.92 Å². The summed E-state index contributed by atoms with van der Waals surface area (Å²) in [5.74, 6) is 0.750. The van der Waals surface area contributed by atoms with Crippen LogP contribution in [0.4, 0.5) is 0 Å². The fourth-order valence-electron chi connectivity index (χ4n) is 2.19. The third kappa shape index (κ3) is 3.23. The van der Waals surface area contributed by atoms with Gasteiger partial charge in [-0.1, -0.05) is 0 Å². The standard InChI is InChI=1S/C11H21NO2/c1-2-11(14-6-1)4-7-13-9-10-3-5-12-8-10/h10-12H,1-9H2. The summed E-state index contributed by atoms with van der Waals surface area (Å²) in [5.41, 5.74) is 0. The minimum atomic E-state index is 0.483. The van der Waals surface area contributed by atoms with E-state index in [1.165, 1.54) is 25.8 Å². The lowest BCUT2D eigenvalue weighted by Gasteiger charge is -2.11. The smallest absolute Gasteiger partial charge is 0.0597 e. The summed E-state index contributed by atoms with van der Waals surface area (Å²) in [4.78, 5) is 0. The molecule has 2 atom stereocenters. The van der Waals surface area contributed by atoms with Crippen LogP contribution < -0.4 is 5.32 Å². The Morgan fingerprint density at radius 3 is 3.07 bits per heavy atom. The molecule has 0 saturated carbocycles. The van der Waals surface area contributed by atoms with Crippen molar-refractivity contribution in [2.45, 2.75) is 31.8 Å². The average molecular weight is 199 g/mol. The molecule has 82 valence electrons. The highest BCUT2D eigenvalue weighted by Crippen LogP contribution is 2.15. The SMILES string of the molecule is C1COC(CCOCC2CCNC2)C1. The fourth-order valence-corrected chi connectivity index (χ4v) is 2.19. The molecular formula is C11H21NO2. The normalized spacial score (nSPS) is 32.6. The molecule has 2 aliphatic heterocycles. The first-order chi connectivity index (χ1) is 6.95. The summed E-state index contributed by atoms with van der Waals surface area (Å²) in [5, 5.41) is 3.35. The molecule has 0 aromatic heterocycles. The second-order valence-corrected chi connectivity index (χ2v) is 4.36. The topological polar surface area (TPSA) is 30.5 Å². The van der Waals surface area contributed by atoms with Gasteiger partial charge in [0.2, 0.25) is 0 Å². The van der Waals surface area contributed by atoms with Gasteiger partial charge in [0.15, 0.2) is 0 Å². The predicted octanol–water partition coefficient (Wildman–Crippen LogP) is 1.18. The van der Waals surface area contributed by atoms with Crippen molar-refractivity contribution in [3.63, 3.8) is 0 Å². The lowest BCUT2D eigenvalue weighted by molar-refractivity contribution is 0.0492. The van der Waals surface area contributed by atoms with Gasteiger partial charge in [0.25, 0.3) is 0 Å². The summed E-state index contributed by atoms with van der Waals surface area (Å²) >= 11 is 0. The molecule has 2 saturated heterocycles. The van der Waals surface area contributed by atoms with Crippen molar-refractivity contribution in [1.29, 1.82) is 0 Å². The molecule has 3 heteroatoms. The Morgan fingerprint density at radius 2 is 2.36 bits per heavy atom. The third-order valence-corrected chi connectivity index (χ3v) is 3.12. The largest absolute Gasteiger partial charge is 0.381 e. The first kappa shape index (κ1) is 10.4. The molecule has 0 aliphatic carbocycles. The number of hydrogen-bond acceptors (Lipinski definition) is 3. The van der Waals surface area contributed by atoms with Gasteiger partial charge in [-0.3, -0.25) is 0 Å². The second kappa shape index (κ2) is 5.69. The minimum Gasteiger partial charge on any atom is -0.381 e. The van der Waals surface area contributed by atoms with E-state index in [4.69, 9.17) is 9.47 Å². The zero-order valence-corrected chi connectivity index (χ0v) is 8.84. The Morgan fingerprint density at radius 1 is 1.36 bits per heavy atom. The van der Waals surface area contributed by atoms with Crippen LogP contribution in [-0.2, 0) is 9.47 Å². The van der Waals surface area contributed by atoms with Crippen LogP contribution >= 0.6 is 0 Å². The monoisotopic (exact) mass is 199 g/mol. The number of hydrogen-bond donors (Lipinski definition) is 1. The summed E-state index contributed by atoms with van der Waals surface area (Å²) in [6.07, 6.45) is 5.31. The van der Waals surface area contributed by atoms with E-state index in [0.29, 0.717) is 6.10 Å². The van der Waals surface area contributed by atoms with Gasteiger partial charge in [-0.15, -0.1) is 0 Å². The maximum absolute atomic E-state index is 5.66. The molecule has 0 spiro atoms. The van der Waals surface area contributed by atoms with Crippen molar-refractivity contribution in [2.75, 3.05) is 32.9 Å². The molecule has 2 unspecified atom stereocenters. The van der Waals surface area contributed by atoms with Gasteiger partial charge in [0, 0.05) is 19.8 Å². The first-order valence-electron chi connectivity index (χ1n) is 5.85. The van der Waals surface area contributed by atoms with Gasteiger partial charge in [0.05, 0.1) is 12.7 Å². The maximum Gasteiger partial charge on any atom is 0.0597 e. The molecular weight excluding hydrogens is 178 g/mol. The second-order valence-electron chi connectivity index (χ2n) is 4.36. The van der Waals surface area contributed by atoms with Crippen LogP contribution in [0.15, 0.2) is 0 Å². The summed E-state index contributed by atoms with van der Waals surface area (Å²) in [6.45, 7) is 5.07. The highest BCUT2D eigenvalue weighted by molar-refractivity contribution is 4.70. The molecule has 0 radical (unpaired) electrons. The lowest BCUT2D eigenvalue weighted by Crippen LogP contribution is -2.16. The third-order valence-electron chi connectivity index (χ3n) is 3.12. The van der Waals surface area contributed by atoms with Crippen molar-refractivity contribution >= 4 is 0 Å². The maximum atomic E-state index is 5.66. The summed E-state index contributed by atoms with van der Waals surface area (Å²) in [7, 11) is 0. The molecule has 0 aromatic carbocycles. The number of rotatable bonds is 5.